The minimum atomic E-state index is -0.700. The molecule has 2 aromatic rings. The van der Waals surface area contributed by atoms with E-state index in [1.807, 2.05) is 0 Å². The number of hydrogen-bond acceptors (Lipinski definition) is 5. The van der Waals surface area contributed by atoms with Crippen LogP contribution in [-0.2, 0) is 4.74 Å². The first-order chi connectivity index (χ1) is 10.7. The fourth-order valence-corrected chi connectivity index (χ4v) is 2.00. The second-order valence-corrected chi connectivity index (χ2v) is 6.11. The van der Waals surface area contributed by atoms with E-state index < -0.39 is 29.2 Å². The van der Waals surface area contributed by atoms with Gasteiger partial charge in [-0.25, -0.2) is 19.0 Å². The van der Waals surface area contributed by atoms with Crippen molar-refractivity contribution in [3.8, 4) is 0 Å². The molecule has 0 saturated carbocycles. The molecule has 1 N–H and O–H groups in total. The Bertz CT molecular complexity index is 780. The van der Waals surface area contributed by atoms with Crippen molar-refractivity contribution in [2.45, 2.75) is 45.8 Å². The third kappa shape index (κ3) is 4.28. The van der Waals surface area contributed by atoms with Gasteiger partial charge < -0.3 is 14.5 Å². The number of amides is 1. The van der Waals surface area contributed by atoms with Crippen molar-refractivity contribution in [2.75, 3.05) is 0 Å². The van der Waals surface area contributed by atoms with Crippen molar-refractivity contribution in [3.63, 3.8) is 0 Å². The summed E-state index contributed by atoms with van der Waals surface area (Å²) in [5.74, 6) is -0.485. The Hall–Kier alpha value is -2.44. The third-order valence-corrected chi connectivity index (χ3v) is 3.00. The summed E-state index contributed by atoms with van der Waals surface area (Å²) in [4.78, 5) is 28.0. The van der Waals surface area contributed by atoms with Crippen LogP contribution in [0.4, 0.5) is 9.18 Å². The van der Waals surface area contributed by atoms with E-state index >= 15 is 0 Å². The van der Waals surface area contributed by atoms with Crippen LogP contribution in [0.2, 0.25) is 0 Å². The molecule has 1 heterocycles. The number of nitrogens with zero attached hydrogens (tertiary/aromatic N) is 1. The molecule has 0 spiro atoms. The first-order valence-electron chi connectivity index (χ1n) is 7.29. The fourth-order valence-electron chi connectivity index (χ4n) is 2.00. The lowest BCUT2D eigenvalue weighted by Gasteiger charge is -2.22. The maximum absolute atomic E-state index is 13.2. The first-order valence-corrected chi connectivity index (χ1v) is 7.29. The van der Waals surface area contributed by atoms with Gasteiger partial charge in [0.1, 0.15) is 17.5 Å². The standard InChI is InChI=1S/C16H19FN2O4/c1-5-11(19-15(21)23-16(2,3)4)13-18-12-7-6-9(17)8-10(12)14(20)22-13/h6-8,11H,5H2,1-4H3,(H,19,21)/t11-/m0/s1. The van der Waals surface area contributed by atoms with Gasteiger partial charge in [-0.15, -0.1) is 0 Å². The monoisotopic (exact) mass is 322 g/mol. The van der Waals surface area contributed by atoms with Crippen LogP contribution in [0.15, 0.2) is 27.4 Å². The van der Waals surface area contributed by atoms with Crippen LogP contribution in [0, 0.1) is 5.82 Å². The summed E-state index contributed by atoms with van der Waals surface area (Å²) in [5.41, 5.74) is -1.03. The van der Waals surface area contributed by atoms with Crippen LogP contribution in [0.5, 0.6) is 0 Å². The van der Waals surface area contributed by atoms with Gasteiger partial charge in [-0.05, 0) is 45.4 Å². The van der Waals surface area contributed by atoms with E-state index in [0.29, 0.717) is 11.9 Å². The Morgan fingerprint density at radius 3 is 2.74 bits per heavy atom. The van der Waals surface area contributed by atoms with Crippen LogP contribution in [0.1, 0.15) is 46.0 Å². The molecule has 0 aliphatic carbocycles. The van der Waals surface area contributed by atoms with E-state index in [1.54, 1.807) is 27.7 Å². The number of carbonyl (C=O) groups is 1. The Morgan fingerprint density at radius 1 is 1.43 bits per heavy atom. The highest BCUT2D eigenvalue weighted by Gasteiger charge is 2.22. The molecule has 1 aromatic heterocycles. The van der Waals surface area contributed by atoms with Gasteiger partial charge in [-0.2, -0.15) is 0 Å². The minimum absolute atomic E-state index is 0.0564. The average Bonchev–Trinajstić information content (AvgIpc) is 2.43. The number of benzene rings is 1. The van der Waals surface area contributed by atoms with Crippen molar-refractivity contribution >= 4 is 17.0 Å². The molecule has 0 bridgehead atoms. The quantitative estimate of drug-likeness (QED) is 0.937. The Kier molecular flexibility index (Phi) is 4.68. The number of alkyl carbamates (subject to hydrolysis) is 1. The molecule has 0 aliphatic heterocycles. The molecule has 1 amide bonds. The van der Waals surface area contributed by atoms with E-state index in [4.69, 9.17) is 9.15 Å². The second kappa shape index (κ2) is 6.36. The van der Waals surface area contributed by atoms with Crippen LogP contribution < -0.4 is 10.9 Å². The molecule has 1 aromatic carbocycles. The summed E-state index contributed by atoms with van der Waals surface area (Å²) >= 11 is 0. The topological polar surface area (TPSA) is 81.4 Å². The highest BCUT2D eigenvalue weighted by Crippen LogP contribution is 2.18. The van der Waals surface area contributed by atoms with Gasteiger partial charge in [0.05, 0.1) is 10.9 Å². The van der Waals surface area contributed by atoms with Crippen LogP contribution in [0.25, 0.3) is 10.9 Å². The number of aromatic nitrogens is 1. The second-order valence-electron chi connectivity index (χ2n) is 6.11. The molecule has 7 heteroatoms. The van der Waals surface area contributed by atoms with Crippen molar-refractivity contribution in [2.24, 2.45) is 0 Å². The zero-order valence-corrected chi connectivity index (χ0v) is 13.5. The molecule has 0 unspecified atom stereocenters. The molecule has 0 fully saturated rings. The number of nitrogens with one attached hydrogen (secondary N) is 1. The lowest BCUT2D eigenvalue weighted by Crippen LogP contribution is -2.35. The van der Waals surface area contributed by atoms with Gasteiger partial charge in [-0.1, -0.05) is 6.92 Å². The zero-order chi connectivity index (χ0) is 17.2. The van der Waals surface area contributed by atoms with Crippen molar-refractivity contribution in [1.29, 1.82) is 0 Å². The summed E-state index contributed by atoms with van der Waals surface area (Å²) in [6.07, 6.45) is -0.185. The summed E-state index contributed by atoms with van der Waals surface area (Å²) in [7, 11) is 0. The molecule has 0 saturated heterocycles. The number of rotatable bonds is 3. The highest BCUT2D eigenvalue weighted by molar-refractivity contribution is 5.77. The fraction of sp³-hybridized carbons (Fsp3) is 0.438. The number of ether oxygens (including phenoxy) is 1. The number of hydrogen-bond donors (Lipinski definition) is 1. The molecular formula is C16H19FN2O4. The van der Waals surface area contributed by atoms with Gasteiger partial charge in [0.15, 0.2) is 0 Å². The lowest BCUT2D eigenvalue weighted by atomic mass is 10.2. The van der Waals surface area contributed by atoms with Crippen LogP contribution in [-0.4, -0.2) is 16.7 Å². The van der Waals surface area contributed by atoms with Crippen LogP contribution >= 0.6 is 0 Å². The van der Waals surface area contributed by atoms with Gasteiger partial charge in [-0.3, -0.25) is 0 Å². The molecule has 0 aliphatic rings. The van der Waals surface area contributed by atoms with E-state index in [0.717, 1.165) is 6.07 Å². The van der Waals surface area contributed by atoms with Crippen molar-refractivity contribution in [3.05, 3.63) is 40.3 Å². The molecular weight excluding hydrogens is 303 g/mol. The Balaban J connectivity index is 2.31. The van der Waals surface area contributed by atoms with Gasteiger partial charge in [0.25, 0.3) is 0 Å². The normalized spacial score (nSPS) is 12.9. The maximum atomic E-state index is 13.2. The highest BCUT2D eigenvalue weighted by atomic mass is 19.1. The van der Waals surface area contributed by atoms with Gasteiger partial charge >= 0.3 is 11.7 Å². The Morgan fingerprint density at radius 2 is 2.13 bits per heavy atom. The first kappa shape index (κ1) is 16.9. The molecule has 6 nitrogen and oxygen atoms in total. The minimum Gasteiger partial charge on any atom is -0.444 e. The zero-order valence-electron chi connectivity index (χ0n) is 13.5. The predicted octanol–water partition coefficient (Wildman–Crippen LogP) is 3.30. The van der Waals surface area contributed by atoms with Gasteiger partial charge in [0.2, 0.25) is 5.89 Å². The smallest absolute Gasteiger partial charge is 0.408 e. The molecule has 0 radical (unpaired) electrons. The summed E-state index contributed by atoms with van der Waals surface area (Å²) in [5, 5.41) is 2.67. The average molecular weight is 322 g/mol. The maximum Gasteiger partial charge on any atom is 0.408 e. The number of halogens is 1. The van der Waals surface area contributed by atoms with Crippen LogP contribution in [0.3, 0.4) is 0 Å². The largest absolute Gasteiger partial charge is 0.444 e. The summed E-state index contributed by atoms with van der Waals surface area (Å²) < 4.78 is 23.5. The third-order valence-electron chi connectivity index (χ3n) is 3.00. The van der Waals surface area contributed by atoms with E-state index in [9.17, 15) is 14.0 Å². The molecule has 124 valence electrons. The lowest BCUT2D eigenvalue weighted by molar-refractivity contribution is 0.0493. The van der Waals surface area contributed by atoms with Crippen molar-refractivity contribution in [1.82, 2.24) is 10.3 Å². The van der Waals surface area contributed by atoms with Gasteiger partial charge in [0, 0.05) is 0 Å². The van der Waals surface area contributed by atoms with Crippen molar-refractivity contribution < 1.29 is 18.3 Å². The van der Waals surface area contributed by atoms with E-state index in [2.05, 4.69) is 10.3 Å². The molecule has 1 atom stereocenters. The predicted molar refractivity (Wildman–Crippen MR) is 82.6 cm³/mol. The summed E-state index contributed by atoms with van der Waals surface area (Å²) in [6, 6.07) is 3.05. The molecule has 23 heavy (non-hydrogen) atoms. The molecule has 2 rings (SSSR count). The Labute approximate surface area is 132 Å². The van der Waals surface area contributed by atoms with E-state index in [-0.39, 0.29) is 11.3 Å². The SMILES string of the molecule is CC[C@H](NC(=O)OC(C)(C)C)c1nc2ccc(F)cc2c(=O)o1. The number of carbonyl (C=O) groups excluding carboxylic acids is 1. The number of fused-ring (bicyclic) bond motifs is 1. The van der Waals surface area contributed by atoms with E-state index in [1.165, 1.54) is 12.1 Å². The summed E-state index contributed by atoms with van der Waals surface area (Å²) in [6.45, 7) is 7.04.